The van der Waals surface area contributed by atoms with Gasteiger partial charge in [0.05, 0.1) is 16.4 Å². The summed E-state index contributed by atoms with van der Waals surface area (Å²) in [4.78, 5) is 16.3. The van der Waals surface area contributed by atoms with E-state index in [-0.39, 0.29) is 11.4 Å². The molecule has 2 aromatic carbocycles. The number of carbonyl (C=O) groups excluding carboxylic acids is 1. The summed E-state index contributed by atoms with van der Waals surface area (Å²) in [5.74, 6) is -1.04. The number of aromatic nitrogens is 1. The van der Waals surface area contributed by atoms with Gasteiger partial charge in [-0.25, -0.2) is 4.39 Å². The minimum atomic E-state index is -0.522. The molecule has 0 radical (unpaired) electrons. The maximum Gasteiger partial charge on any atom is 0.274 e. The highest BCUT2D eigenvalue weighted by Gasteiger charge is 2.11. The minimum Gasteiger partial charge on any atom is -0.354 e. The van der Waals surface area contributed by atoms with Crippen LogP contribution in [0.25, 0.3) is 0 Å². The lowest BCUT2D eigenvalue weighted by Crippen LogP contribution is -2.14. The fraction of sp³-hybridized carbons (Fsp3) is 0. The van der Waals surface area contributed by atoms with Gasteiger partial charge in [0.1, 0.15) is 11.5 Å². The van der Waals surface area contributed by atoms with Gasteiger partial charge in [-0.1, -0.05) is 35.3 Å². The van der Waals surface area contributed by atoms with Crippen molar-refractivity contribution in [2.45, 2.75) is 0 Å². The van der Waals surface area contributed by atoms with Crippen molar-refractivity contribution in [2.75, 3.05) is 10.6 Å². The third-order valence-corrected chi connectivity index (χ3v) is 3.89. The molecule has 0 aliphatic heterocycles. The summed E-state index contributed by atoms with van der Waals surface area (Å²) in [7, 11) is 0. The molecule has 0 bridgehead atoms. The van der Waals surface area contributed by atoms with Crippen LogP contribution in [0.1, 0.15) is 10.5 Å². The molecule has 0 atom stereocenters. The van der Waals surface area contributed by atoms with Crippen LogP contribution in [-0.4, -0.2) is 10.9 Å². The number of para-hydroxylation sites is 1. The van der Waals surface area contributed by atoms with Gasteiger partial charge < -0.3 is 10.6 Å². The number of pyridine rings is 1. The largest absolute Gasteiger partial charge is 0.354 e. The van der Waals surface area contributed by atoms with Crippen LogP contribution in [0.4, 0.5) is 21.5 Å². The van der Waals surface area contributed by atoms with Crippen molar-refractivity contribution < 1.29 is 9.18 Å². The van der Waals surface area contributed by atoms with Crippen molar-refractivity contribution >= 4 is 46.2 Å². The van der Waals surface area contributed by atoms with E-state index in [0.29, 0.717) is 21.4 Å². The Morgan fingerprint density at radius 3 is 2.60 bits per heavy atom. The molecule has 3 aromatic rings. The van der Waals surface area contributed by atoms with Gasteiger partial charge in [0.25, 0.3) is 5.91 Å². The number of carbonyl (C=O) groups is 1. The Morgan fingerprint density at radius 1 is 1.00 bits per heavy atom. The third kappa shape index (κ3) is 4.26. The Bertz CT molecular complexity index is 934. The molecule has 0 spiro atoms. The summed E-state index contributed by atoms with van der Waals surface area (Å²) in [5.41, 5.74) is 1.41. The standard InChI is InChI=1S/C18H12Cl2FN3O/c19-11-5-6-13(20)16(9-11)23-12-7-8-22-17(10-12)18(25)24-15-4-2-1-3-14(15)21/h1-10H,(H,22,23)(H,24,25). The fourth-order valence-electron chi connectivity index (χ4n) is 2.13. The number of halogens is 3. The third-order valence-electron chi connectivity index (χ3n) is 3.32. The lowest BCUT2D eigenvalue weighted by molar-refractivity contribution is 0.102. The second-order valence-corrected chi connectivity index (χ2v) is 5.96. The molecule has 7 heteroatoms. The molecule has 1 amide bonds. The smallest absolute Gasteiger partial charge is 0.274 e. The van der Waals surface area contributed by atoms with Crippen LogP contribution >= 0.6 is 23.2 Å². The molecule has 0 aliphatic rings. The minimum absolute atomic E-state index is 0.0885. The molecule has 0 saturated heterocycles. The van der Waals surface area contributed by atoms with Gasteiger partial charge in [-0.2, -0.15) is 0 Å². The SMILES string of the molecule is O=C(Nc1ccccc1F)c1cc(Nc2cc(Cl)ccc2Cl)ccn1. The Hall–Kier alpha value is -2.63. The summed E-state index contributed by atoms with van der Waals surface area (Å²) in [5, 5.41) is 6.57. The molecular weight excluding hydrogens is 364 g/mol. The average Bonchev–Trinajstić information content (AvgIpc) is 2.60. The van der Waals surface area contributed by atoms with Crippen LogP contribution in [0.15, 0.2) is 60.8 Å². The highest BCUT2D eigenvalue weighted by molar-refractivity contribution is 6.35. The molecule has 0 saturated carbocycles. The Kier molecular flexibility index (Phi) is 5.16. The molecule has 126 valence electrons. The maximum atomic E-state index is 13.6. The van der Waals surface area contributed by atoms with E-state index in [0.717, 1.165) is 0 Å². The van der Waals surface area contributed by atoms with Gasteiger partial charge in [-0.15, -0.1) is 0 Å². The number of anilines is 3. The number of hydrogen-bond acceptors (Lipinski definition) is 3. The Labute approximate surface area is 153 Å². The molecule has 0 aliphatic carbocycles. The Balaban J connectivity index is 1.80. The summed E-state index contributed by atoms with van der Waals surface area (Å²) >= 11 is 12.1. The molecule has 2 N–H and O–H groups in total. The lowest BCUT2D eigenvalue weighted by atomic mass is 10.2. The van der Waals surface area contributed by atoms with Gasteiger partial charge in [0.15, 0.2) is 0 Å². The number of amides is 1. The monoisotopic (exact) mass is 375 g/mol. The van der Waals surface area contributed by atoms with E-state index in [1.165, 1.54) is 24.4 Å². The first-order chi connectivity index (χ1) is 12.0. The molecule has 1 aromatic heterocycles. The van der Waals surface area contributed by atoms with Crippen LogP contribution in [0.2, 0.25) is 10.0 Å². The van der Waals surface area contributed by atoms with Crippen LogP contribution in [0, 0.1) is 5.82 Å². The quantitative estimate of drug-likeness (QED) is 0.630. The number of hydrogen-bond donors (Lipinski definition) is 2. The first-order valence-electron chi connectivity index (χ1n) is 7.27. The second kappa shape index (κ2) is 7.51. The lowest BCUT2D eigenvalue weighted by Gasteiger charge is -2.10. The van der Waals surface area contributed by atoms with Gasteiger partial charge in [0.2, 0.25) is 0 Å². The average molecular weight is 376 g/mol. The summed E-state index contributed by atoms with van der Waals surface area (Å²) in [6, 6.07) is 14.1. The van der Waals surface area contributed by atoms with Crippen molar-refractivity contribution in [1.82, 2.24) is 4.98 Å². The first kappa shape index (κ1) is 17.2. The van der Waals surface area contributed by atoms with E-state index >= 15 is 0 Å². The van der Waals surface area contributed by atoms with E-state index < -0.39 is 11.7 Å². The normalized spacial score (nSPS) is 10.4. The zero-order valence-corrected chi connectivity index (χ0v) is 14.3. The molecule has 0 fully saturated rings. The van der Waals surface area contributed by atoms with Crippen LogP contribution in [0.5, 0.6) is 0 Å². The number of rotatable bonds is 4. The summed E-state index contributed by atoms with van der Waals surface area (Å²) in [6.45, 7) is 0. The summed E-state index contributed by atoms with van der Waals surface area (Å²) in [6.07, 6.45) is 1.47. The van der Waals surface area contributed by atoms with Crippen molar-refractivity contribution in [3.63, 3.8) is 0 Å². The topological polar surface area (TPSA) is 54.0 Å². The molecule has 0 unspecified atom stereocenters. The van der Waals surface area contributed by atoms with Crippen LogP contribution in [0.3, 0.4) is 0 Å². The fourth-order valence-corrected chi connectivity index (χ4v) is 2.47. The Morgan fingerprint density at radius 2 is 1.80 bits per heavy atom. The van der Waals surface area contributed by atoms with E-state index in [1.807, 2.05) is 0 Å². The van der Waals surface area contributed by atoms with Gasteiger partial charge in [0, 0.05) is 16.9 Å². The molecule has 3 rings (SSSR count). The number of nitrogens with zero attached hydrogens (tertiary/aromatic N) is 1. The molecular formula is C18H12Cl2FN3O. The maximum absolute atomic E-state index is 13.6. The van der Waals surface area contributed by atoms with E-state index in [9.17, 15) is 9.18 Å². The van der Waals surface area contributed by atoms with Crippen molar-refractivity contribution in [3.05, 3.63) is 82.4 Å². The van der Waals surface area contributed by atoms with E-state index in [2.05, 4.69) is 15.6 Å². The van der Waals surface area contributed by atoms with Crippen molar-refractivity contribution in [3.8, 4) is 0 Å². The zero-order valence-electron chi connectivity index (χ0n) is 12.8. The van der Waals surface area contributed by atoms with Crippen LogP contribution in [-0.2, 0) is 0 Å². The van der Waals surface area contributed by atoms with Crippen LogP contribution < -0.4 is 10.6 Å². The first-order valence-corrected chi connectivity index (χ1v) is 8.02. The van der Waals surface area contributed by atoms with Crippen molar-refractivity contribution in [2.24, 2.45) is 0 Å². The predicted octanol–water partition coefficient (Wildman–Crippen LogP) is 5.52. The predicted molar refractivity (Wildman–Crippen MR) is 98.3 cm³/mol. The molecule has 25 heavy (non-hydrogen) atoms. The zero-order chi connectivity index (χ0) is 17.8. The van der Waals surface area contributed by atoms with Gasteiger partial charge >= 0.3 is 0 Å². The highest BCUT2D eigenvalue weighted by Crippen LogP contribution is 2.28. The molecule has 4 nitrogen and oxygen atoms in total. The molecule has 1 heterocycles. The van der Waals surface area contributed by atoms with Gasteiger partial charge in [-0.3, -0.25) is 9.78 Å². The number of nitrogens with one attached hydrogen (secondary N) is 2. The van der Waals surface area contributed by atoms with E-state index in [1.54, 1.807) is 36.4 Å². The highest BCUT2D eigenvalue weighted by atomic mass is 35.5. The summed E-state index contributed by atoms with van der Waals surface area (Å²) < 4.78 is 13.6. The van der Waals surface area contributed by atoms with Crippen molar-refractivity contribution in [1.29, 1.82) is 0 Å². The van der Waals surface area contributed by atoms with Gasteiger partial charge in [-0.05, 0) is 42.5 Å². The van der Waals surface area contributed by atoms with E-state index in [4.69, 9.17) is 23.2 Å². The second-order valence-electron chi connectivity index (χ2n) is 5.11. The number of benzene rings is 2.